The van der Waals surface area contributed by atoms with E-state index in [1.807, 2.05) is 30.4 Å². The molecular weight excluding hydrogens is 210 g/mol. The predicted molar refractivity (Wildman–Crippen MR) is 62.3 cm³/mol. The number of hydrogen-bond acceptors (Lipinski definition) is 4. The third-order valence-electron chi connectivity index (χ3n) is 2.61. The highest BCUT2D eigenvalue weighted by molar-refractivity contribution is 7.99. The van der Waals surface area contributed by atoms with E-state index >= 15 is 0 Å². The number of ether oxygens (including phenoxy) is 1. The van der Waals surface area contributed by atoms with E-state index in [2.05, 4.69) is 10.4 Å². The summed E-state index contributed by atoms with van der Waals surface area (Å²) in [4.78, 5) is 0. The molecule has 1 aliphatic rings. The first-order valence-electron chi connectivity index (χ1n) is 5.16. The molecule has 1 fully saturated rings. The van der Waals surface area contributed by atoms with Crippen LogP contribution < -0.4 is 10.1 Å². The van der Waals surface area contributed by atoms with Crippen LogP contribution in [0.2, 0.25) is 0 Å². The Hall–Kier alpha value is -0.680. The fourth-order valence-electron chi connectivity index (χ4n) is 1.95. The number of methoxy groups -OCH3 is 1. The average molecular weight is 227 g/mol. The summed E-state index contributed by atoms with van der Waals surface area (Å²) in [5.74, 6) is 2.08. The third-order valence-corrected chi connectivity index (χ3v) is 3.87. The van der Waals surface area contributed by atoms with Gasteiger partial charge in [-0.3, -0.25) is 0 Å². The molecule has 0 aliphatic carbocycles. The maximum absolute atomic E-state index is 5.40. The molecule has 0 spiro atoms. The predicted octanol–water partition coefficient (Wildman–Crippen LogP) is 1.46. The van der Waals surface area contributed by atoms with Gasteiger partial charge in [-0.1, -0.05) is 0 Å². The number of thioether (sulfide) groups is 1. The molecule has 2 heterocycles. The number of hydrogen-bond donors (Lipinski definition) is 1. The van der Waals surface area contributed by atoms with Gasteiger partial charge in [0.2, 0.25) is 5.88 Å². The van der Waals surface area contributed by atoms with Crippen LogP contribution in [0, 0.1) is 6.92 Å². The van der Waals surface area contributed by atoms with Crippen molar-refractivity contribution in [2.24, 2.45) is 7.05 Å². The van der Waals surface area contributed by atoms with Crippen LogP contribution in [-0.4, -0.2) is 29.2 Å². The normalized spacial score (nSPS) is 21.7. The summed E-state index contributed by atoms with van der Waals surface area (Å²) in [5, 5.41) is 8.22. The Morgan fingerprint density at radius 3 is 3.00 bits per heavy atom. The quantitative estimate of drug-likeness (QED) is 0.830. The molecule has 5 heteroatoms. The van der Waals surface area contributed by atoms with E-state index in [9.17, 15) is 0 Å². The minimum atomic E-state index is 0.336. The van der Waals surface area contributed by atoms with Gasteiger partial charge < -0.3 is 10.1 Å². The van der Waals surface area contributed by atoms with Crippen LogP contribution in [0.25, 0.3) is 0 Å². The van der Waals surface area contributed by atoms with Crippen LogP contribution in [0.5, 0.6) is 5.88 Å². The molecule has 15 heavy (non-hydrogen) atoms. The molecular formula is C10H17N3OS. The second-order valence-electron chi connectivity index (χ2n) is 3.69. The van der Waals surface area contributed by atoms with Gasteiger partial charge in [-0.15, -0.1) is 11.8 Å². The number of aryl methyl sites for hydroxylation is 2. The Morgan fingerprint density at radius 2 is 2.40 bits per heavy atom. The van der Waals surface area contributed by atoms with Gasteiger partial charge in [0.25, 0.3) is 0 Å². The van der Waals surface area contributed by atoms with Crippen LogP contribution >= 0.6 is 11.8 Å². The summed E-state index contributed by atoms with van der Waals surface area (Å²) in [6.07, 6.45) is 1.24. The Bertz CT molecular complexity index is 345. The first-order valence-corrected chi connectivity index (χ1v) is 6.21. The van der Waals surface area contributed by atoms with Gasteiger partial charge in [0.05, 0.1) is 23.7 Å². The lowest BCUT2D eigenvalue weighted by atomic mass is 10.2. The highest BCUT2D eigenvalue weighted by Crippen LogP contribution is 2.36. The zero-order valence-electron chi connectivity index (χ0n) is 9.41. The molecule has 0 radical (unpaired) electrons. The van der Waals surface area contributed by atoms with E-state index in [-0.39, 0.29) is 0 Å². The van der Waals surface area contributed by atoms with E-state index in [0.717, 1.165) is 18.1 Å². The van der Waals surface area contributed by atoms with Crippen LogP contribution in [0.1, 0.15) is 23.1 Å². The lowest BCUT2D eigenvalue weighted by Gasteiger charge is -2.23. The van der Waals surface area contributed by atoms with Gasteiger partial charge in [0, 0.05) is 7.05 Å². The van der Waals surface area contributed by atoms with Gasteiger partial charge in [0.1, 0.15) is 0 Å². The molecule has 84 valence electrons. The van der Waals surface area contributed by atoms with Crippen molar-refractivity contribution in [3.63, 3.8) is 0 Å². The van der Waals surface area contributed by atoms with E-state index in [1.165, 1.54) is 17.7 Å². The highest BCUT2D eigenvalue weighted by Gasteiger charge is 2.24. The Morgan fingerprint density at radius 1 is 1.60 bits per heavy atom. The monoisotopic (exact) mass is 227 g/mol. The molecule has 1 unspecified atom stereocenters. The van der Waals surface area contributed by atoms with Crippen molar-refractivity contribution in [1.29, 1.82) is 0 Å². The molecule has 0 aromatic carbocycles. The van der Waals surface area contributed by atoms with Gasteiger partial charge in [-0.2, -0.15) is 5.10 Å². The van der Waals surface area contributed by atoms with Crippen molar-refractivity contribution in [1.82, 2.24) is 15.1 Å². The van der Waals surface area contributed by atoms with Crippen molar-refractivity contribution in [3.05, 3.63) is 11.3 Å². The third kappa shape index (κ3) is 1.99. The molecule has 1 atom stereocenters. The summed E-state index contributed by atoms with van der Waals surface area (Å²) >= 11 is 1.93. The second-order valence-corrected chi connectivity index (χ2v) is 4.90. The molecule has 0 saturated carbocycles. The van der Waals surface area contributed by atoms with Crippen molar-refractivity contribution >= 4 is 11.8 Å². The molecule has 0 amide bonds. The van der Waals surface area contributed by atoms with E-state index in [4.69, 9.17) is 4.74 Å². The van der Waals surface area contributed by atoms with Crippen LogP contribution in [0.4, 0.5) is 0 Å². The lowest BCUT2D eigenvalue weighted by molar-refractivity contribution is 0.367. The smallest absolute Gasteiger partial charge is 0.217 e. The maximum Gasteiger partial charge on any atom is 0.217 e. The Balaban J connectivity index is 2.32. The number of nitrogens with one attached hydrogen (secondary N) is 1. The first-order chi connectivity index (χ1) is 7.24. The summed E-state index contributed by atoms with van der Waals surface area (Å²) in [6.45, 7) is 3.11. The lowest BCUT2D eigenvalue weighted by Crippen LogP contribution is -2.25. The average Bonchev–Trinajstić information content (AvgIpc) is 2.54. The molecule has 0 bridgehead atoms. The number of nitrogens with zero attached hydrogens (tertiary/aromatic N) is 2. The summed E-state index contributed by atoms with van der Waals surface area (Å²) in [5.41, 5.74) is 2.26. The summed E-state index contributed by atoms with van der Waals surface area (Å²) < 4.78 is 7.20. The van der Waals surface area contributed by atoms with E-state index < -0.39 is 0 Å². The highest BCUT2D eigenvalue weighted by atomic mass is 32.2. The molecule has 1 aromatic rings. The van der Waals surface area contributed by atoms with Crippen molar-refractivity contribution in [2.75, 3.05) is 19.4 Å². The first kappa shape index (κ1) is 10.8. The van der Waals surface area contributed by atoms with Crippen molar-refractivity contribution in [2.45, 2.75) is 18.7 Å². The van der Waals surface area contributed by atoms with Crippen molar-refractivity contribution < 1.29 is 4.74 Å². The van der Waals surface area contributed by atoms with E-state index in [0.29, 0.717) is 5.37 Å². The van der Waals surface area contributed by atoms with Crippen LogP contribution in [-0.2, 0) is 7.05 Å². The molecule has 1 N–H and O–H groups in total. The minimum absolute atomic E-state index is 0.336. The fraction of sp³-hybridized carbons (Fsp3) is 0.700. The van der Waals surface area contributed by atoms with Gasteiger partial charge >= 0.3 is 0 Å². The standard InChI is InChI=1S/C10H17N3OS/c1-7-8(9-11-5-4-6-15-9)10(14-3)13(2)12-7/h9,11H,4-6H2,1-3H3. The fourth-order valence-corrected chi connectivity index (χ4v) is 3.17. The molecule has 4 nitrogen and oxygen atoms in total. The van der Waals surface area contributed by atoms with Gasteiger partial charge in [-0.05, 0) is 25.6 Å². The zero-order chi connectivity index (χ0) is 10.8. The zero-order valence-corrected chi connectivity index (χ0v) is 10.2. The molecule has 1 aliphatic heterocycles. The molecule has 1 aromatic heterocycles. The summed E-state index contributed by atoms with van der Waals surface area (Å²) in [7, 11) is 3.62. The maximum atomic E-state index is 5.40. The molecule has 1 saturated heterocycles. The van der Waals surface area contributed by atoms with Gasteiger partial charge in [0.15, 0.2) is 0 Å². The topological polar surface area (TPSA) is 39.1 Å². The Kier molecular flexibility index (Phi) is 3.21. The van der Waals surface area contributed by atoms with Crippen LogP contribution in [0.3, 0.4) is 0 Å². The number of aromatic nitrogens is 2. The summed E-state index contributed by atoms with van der Waals surface area (Å²) in [6, 6.07) is 0. The minimum Gasteiger partial charge on any atom is -0.481 e. The molecule has 2 rings (SSSR count). The van der Waals surface area contributed by atoms with Crippen LogP contribution in [0.15, 0.2) is 0 Å². The number of rotatable bonds is 2. The van der Waals surface area contributed by atoms with Crippen molar-refractivity contribution in [3.8, 4) is 5.88 Å². The Labute approximate surface area is 94.4 Å². The SMILES string of the molecule is COc1c(C2NCCCS2)c(C)nn1C. The largest absolute Gasteiger partial charge is 0.481 e. The van der Waals surface area contributed by atoms with Gasteiger partial charge in [-0.25, -0.2) is 4.68 Å². The second kappa shape index (κ2) is 4.45. The van der Waals surface area contributed by atoms with E-state index in [1.54, 1.807) is 7.11 Å².